The van der Waals surface area contributed by atoms with Crippen LogP contribution in [0.4, 0.5) is 11.4 Å². The van der Waals surface area contributed by atoms with Crippen LogP contribution in [0.5, 0.6) is 0 Å². The number of unbranched alkanes of at least 4 members (excludes halogenated alkanes) is 3. The molecule has 0 N–H and O–H groups in total. The van der Waals surface area contributed by atoms with Crippen LogP contribution in [0.3, 0.4) is 0 Å². The summed E-state index contributed by atoms with van der Waals surface area (Å²) in [5.74, 6) is 0.605. The predicted molar refractivity (Wildman–Crippen MR) is 177 cm³/mol. The first kappa shape index (κ1) is 31.0. The summed E-state index contributed by atoms with van der Waals surface area (Å²) < 4.78 is 1.35. The number of nitrogens with zero attached hydrogens (tertiary/aromatic N) is 2. The maximum Gasteiger partial charge on any atom is 0.333 e. The van der Waals surface area contributed by atoms with Crippen molar-refractivity contribution in [1.82, 2.24) is 5.06 Å². The summed E-state index contributed by atoms with van der Waals surface area (Å²) in [5, 5.41) is 0.630. The average molecular weight is 615 g/mol. The van der Waals surface area contributed by atoms with Crippen molar-refractivity contribution in [3.8, 4) is 0 Å². The molecule has 3 aromatic rings. The highest BCUT2D eigenvalue weighted by Gasteiger charge is 2.32. The van der Waals surface area contributed by atoms with Crippen LogP contribution in [-0.2, 0) is 25.8 Å². The number of carbonyl (C=O) groups excluding carboxylic acids is 3. The monoisotopic (exact) mass is 614 g/mol. The molecule has 43 heavy (non-hydrogen) atoms. The van der Waals surface area contributed by atoms with Crippen LogP contribution in [0.1, 0.15) is 75.0 Å². The Kier molecular flexibility index (Phi) is 11.0. The van der Waals surface area contributed by atoms with Crippen LogP contribution in [0.2, 0.25) is 0 Å². The third-order valence-corrected chi connectivity index (χ3v) is 10.1. The van der Waals surface area contributed by atoms with Gasteiger partial charge < -0.3 is 9.74 Å². The quantitative estimate of drug-likeness (QED) is 0.133. The fourth-order valence-corrected chi connectivity index (χ4v) is 8.00. The highest BCUT2D eigenvalue weighted by molar-refractivity contribution is 8.22. The first-order valence-electron chi connectivity index (χ1n) is 15.1. The van der Waals surface area contributed by atoms with Gasteiger partial charge in [-0.2, -0.15) is 0 Å². The molecule has 0 aliphatic carbocycles. The Balaban J connectivity index is 1.30. The number of carbonyl (C=O) groups is 3. The number of hydroxylamine groups is 2. The van der Waals surface area contributed by atoms with Gasteiger partial charge in [-0.15, -0.1) is 28.6 Å². The molecule has 0 aromatic heterocycles. The maximum atomic E-state index is 12.2. The Morgan fingerprint density at radius 2 is 1.33 bits per heavy atom. The van der Waals surface area contributed by atoms with E-state index in [-0.39, 0.29) is 19.3 Å². The Hall–Kier alpha value is -3.49. The van der Waals surface area contributed by atoms with E-state index >= 15 is 0 Å². The second-order valence-electron chi connectivity index (χ2n) is 10.7. The number of para-hydroxylation sites is 2. The molecule has 0 spiro atoms. The summed E-state index contributed by atoms with van der Waals surface area (Å²) >= 11 is 3.86. The van der Waals surface area contributed by atoms with E-state index in [0.717, 1.165) is 43.7 Å². The van der Waals surface area contributed by atoms with Crippen molar-refractivity contribution in [2.24, 2.45) is 0 Å². The average Bonchev–Trinajstić information content (AvgIpc) is 3.34. The lowest BCUT2D eigenvalue weighted by atomic mass is 9.91. The number of benzene rings is 3. The van der Waals surface area contributed by atoms with Gasteiger partial charge in [-0.1, -0.05) is 86.5 Å². The van der Waals surface area contributed by atoms with E-state index in [1.54, 1.807) is 0 Å². The topological polar surface area (TPSA) is 66.9 Å². The van der Waals surface area contributed by atoms with Crippen molar-refractivity contribution >= 4 is 58.3 Å². The van der Waals surface area contributed by atoms with E-state index in [0.29, 0.717) is 11.5 Å². The van der Waals surface area contributed by atoms with Crippen LogP contribution in [-0.4, -0.2) is 34.4 Å². The van der Waals surface area contributed by atoms with Crippen LogP contribution in [0.15, 0.2) is 83.1 Å². The maximum absolute atomic E-state index is 12.2. The summed E-state index contributed by atoms with van der Waals surface area (Å²) in [6, 6.07) is 28.1. The molecule has 3 aromatic carbocycles. The fourth-order valence-electron chi connectivity index (χ4n) is 5.29. The van der Waals surface area contributed by atoms with E-state index in [9.17, 15) is 14.4 Å². The van der Waals surface area contributed by atoms with E-state index in [4.69, 9.17) is 4.84 Å². The van der Waals surface area contributed by atoms with Crippen molar-refractivity contribution in [2.75, 3.05) is 16.4 Å². The van der Waals surface area contributed by atoms with Crippen molar-refractivity contribution in [1.29, 1.82) is 0 Å². The van der Waals surface area contributed by atoms with Crippen LogP contribution in [0, 0.1) is 0 Å². The minimum absolute atomic E-state index is 0.109. The Labute approximate surface area is 262 Å². The summed E-state index contributed by atoms with van der Waals surface area (Å²) in [5.41, 5.74) is 7.55. The standard InChI is InChI=1S/C35H38N2O4S2/c1-2-3-23-42-35(43-24-13-5-8-20-33(40)41-37-31(38)21-22-32(37)39)34-27-16-9-11-18-29(27)36(25-26-14-6-4-7-15-26)30-19-12-10-17-28(30)34/h4,6-7,9-12,14-19H,2-3,5,8,13,20-25H2,1H3. The number of imide groups is 1. The summed E-state index contributed by atoms with van der Waals surface area (Å²) in [7, 11) is 0. The Morgan fingerprint density at radius 1 is 0.744 bits per heavy atom. The summed E-state index contributed by atoms with van der Waals surface area (Å²) in [6.45, 7) is 3.03. The molecule has 1 fully saturated rings. The molecular formula is C35H38N2O4S2. The number of anilines is 2. The molecule has 6 nitrogen and oxygen atoms in total. The van der Waals surface area contributed by atoms with Crippen LogP contribution < -0.4 is 4.90 Å². The molecule has 224 valence electrons. The number of hydrogen-bond acceptors (Lipinski definition) is 7. The molecule has 0 radical (unpaired) electrons. The number of thioether (sulfide) groups is 2. The fraction of sp³-hybridized carbons (Fsp3) is 0.343. The third kappa shape index (κ3) is 7.73. The van der Waals surface area contributed by atoms with E-state index < -0.39 is 17.8 Å². The largest absolute Gasteiger partial charge is 0.336 e. The molecule has 2 aliphatic rings. The summed E-state index contributed by atoms with van der Waals surface area (Å²) in [4.78, 5) is 43.0. The van der Waals surface area contributed by atoms with Gasteiger partial charge in [0.15, 0.2) is 0 Å². The predicted octanol–water partition coefficient (Wildman–Crippen LogP) is 8.49. The van der Waals surface area contributed by atoms with E-state index in [2.05, 4.69) is 90.7 Å². The molecule has 5 rings (SSSR count). The summed E-state index contributed by atoms with van der Waals surface area (Å²) in [6.07, 6.45) is 5.20. The minimum atomic E-state index is -0.523. The third-order valence-electron chi connectivity index (χ3n) is 7.50. The van der Waals surface area contributed by atoms with Gasteiger partial charge in [-0.25, -0.2) is 4.79 Å². The Bertz CT molecular complexity index is 1410. The van der Waals surface area contributed by atoms with E-state index in [1.165, 1.54) is 37.9 Å². The van der Waals surface area contributed by atoms with Crippen molar-refractivity contribution in [2.45, 2.75) is 64.8 Å². The number of amides is 2. The highest BCUT2D eigenvalue weighted by Crippen LogP contribution is 2.50. The van der Waals surface area contributed by atoms with Gasteiger partial charge in [0.1, 0.15) is 0 Å². The molecule has 2 heterocycles. The SMILES string of the molecule is CCCCSC(SCCCCCC(=O)ON1C(=O)CCC1=O)=C1c2ccccc2N(Cc2ccccc2)c2ccccc21. The highest BCUT2D eigenvalue weighted by atomic mass is 32.2. The van der Waals surface area contributed by atoms with Crippen LogP contribution in [0.25, 0.3) is 5.57 Å². The molecule has 8 heteroatoms. The molecule has 1 saturated heterocycles. The molecule has 2 aliphatic heterocycles. The molecule has 2 amide bonds. The Morgan fingerprint density at radius 3 is 1.95 bits per heavy atom. The lowest BCUT2D eigenvalue weighted by Gasteiger charge is -2.35. The van der Waals surface area contributed by atoms with Gasteiger partial charge in [-0.05, 0) is 48.5 Å². The molecule has 0 saturated carbocycles. The normalized spacial score (nSPS) is 14.1. The van der Waals surface area contributed by atoms with Gasteiger partial charge in [0.05, 0.1) is 0 Å². The first-order valence-corrected chi connectivity index (χ1v) is 17.1. The smallest absolute Gasteiger partial charge is 0.333 e. The van der Waals surface area contributed by atoms with Gasteiger partial charge >= 0.3 is 5.97 Å². The lowest BCUT2D eigenvalue weighted by molar-refractivity contribution is -0.197. The van der Waals surface area contributed by atoms with Crippen molar-refractivity contribution < 1.29 is 19.2 Å². The van der Waals surface area contributed by atoms with Crippen molar-refractivity contribution in [3.05, 3.63) is 99.8 Å². The zero-order chi connectivity index (χ0) is 30.0. The lowest BCUT2D eigenvalue weighted by Crippen LogP contribution is -2.31. The van der Waals surface area contributed by atoms with Crippen molar-refractivity contribution in [3.63, 3.8) is 0 Å². The second-order valence-corrected chi connectivity index (χ2v) is 13.1. The van der Waals surface area contributed by atoms with Gasteiger partial charge in [0.25, 0.3) is 11.8 Å². The molecule has 0 unspecified atom stereocenters. The van der Waals surface area contributed by atoms with Crippen LogP contribution >= 0.6 is 23.5 Å². The number of hydrogen-bond donors (Lipinski definition) is 0. The first-order chi connectivity index (χ1) is 21.1. The number of fused-ring (bicyclic) bond motifs is 2. The zero-order valence-electron chi connectivity index (χ0n) is 24.6. The van der Waals surface area contributed by atoms with E-state index in [1.807, 2.05) is 23.5 Å². The second kappa shape index (κ2) is 15.3. The minimum Gasteiger partial charge on any atom is -0.336 e. The van der Waals surface area contributed by atoms with Gasteiger partial charge in [-0.3, -0.25) is 9.59 Å². The molecular weight excluding hydrogens is 577 g/mol. The van der Waals surface area contributed by atoms with Gasteiger partial charge in [0.2, 0.25) is 0 Å². The molecule has 0 bridgehead atoms. The van der Waals surface area contributed by atoms with Gasteiger partial charge in [0, 0.05) is 58.1 Å². The molecule has 0 atom stereocenters. The number of rotatable bonds is 14. The zero-order valence-corrected chi connectivity index (χ0v) is 26.3.